The number of esters is 1. The Bertz CT molecular complexity index is 629. The summed E-state index contributed by atoms with van der Waals surface area (Å²) in [6, 6.07) is 8.20. The predicted molar refractivity (Wildman–Crippen MR) is 99.0 cm³/mol. The van der Waals surface area contributed by atoms with Crippen molar-refractivity contribution < 1.29 is 19.2 Å². The van der Waals surface area contributed by atoms with Crippen LogP contribution in [0.25, 0.3) is 0 Å². The Hall–Kier alpha value is -1.53. The van der Waals surface area contributed by atoms with Crippen LogP contribution in [-0.4, -0.2) is 50.4 Å². The van der Waals surface area contributed by atoms with E-state index in [-0.39, 0.29) is 17.8 Å². The highest BCUT2D eigenvalue weighted by molar-refractivity contribution is 8.00. The lowest BCUT2D eigenvalue weighted by atomic mass is 9.97. The average Bonchev–Trinajstić information content (AvgIpc) is 2.79. The van der Waals surface area contributed by atoms with Crippen LogP contribution in [0.2, 0.25) is 0 Å². The third kappa shape index (κ3) is 4.36. The van der Waals surface area contributed by atoms with Crippen LogP contribution in [0.1, 0.15) is 26.2 Å². The molecule has 1 amide bonds. The lowest BCUT2D eigenvalue weighted by molar-refractivity contribution is -0.897. The second kappa shape index (κ2) is 8.23. The first-order valence-electron chi connectivity index (χ1n) is 9.06. The number of nitrogens with one attached hydrogen (secondary N) is 1. The van der Waals surface area contributed by atoms with Gasteiger partial charge in [-0.1, -0.05) is 19.1 Å². The molecule has 2 heterocycles. The summed E-state index contributed by atoms with van der Waals surface area (Å²) in [7, 11) is 1.45. The number of rotatable bonds is 3. The molecule has 2 aliphatic heterocycles. The van der Waals surface area contributed by atoms with Gasteiger partial charge in [-0.25, -0.2) is 0 Å². The molecule has 1 atom stereocenters. The molecule has 1 N–H and O–H groups in total. The number of fused-ring (bicyclic) bond motifs is 1. The molecule has 0 saturated carbocycles. The van der Waals surface area contributed by atoms with Gasteiger partial charge in [0.2, 0.25) is 0 Å². The minimum absolute atomic E-state index is 0.0000132. The van der Waals surface area contributed by atoms with Crippen LogP contribution in [0.15, 0.2) is 29.2 Å². The summed E-state index contributed by atoms with van der Waals surface area (Å²) in [6.07, 6.45) is 2.61. The van der Waals surface area contributed by atoms with Crippen molar-refractivity contribution in [3.05, 3.63) is 24.3 Å². The van der Waals surface area contributed by atoms with Crippen molar-refractivity contribution in [3.8, 4) is 0 Å². The smallest absolute Gasteiger partial charge is 0.309 e. The molecule has 0 aromatic heterocycles. The minimum Gasteiger partial charge on any atom is -0.469 e. The molecule has 0 spiro atoms. The molecule has 2 aliphatic rings. The maximum atomic E-state index is 13.0. The topological polar surface area (TPSA) is 51.1 Å². The third-order valence-corrected chi connectivity index (χ3v) is 6.41. The number of hydrogen-bond acceptors (Lipinski definition) is 4. The van der Waals surface area contributed by atoms with Crippen LogP contribution in [0, 0.1) is 5.92 Å². The number of benzene rings is 1. The summed E-state index contributed by atoms with van der Waals surface area (Å²) in [5.74, 6) is 0.0755. The SMILES string of the molecule is COC(=O)C1CC[NH+](CC(=O)N2CC[C@H](C)Sc3ccccc32)CC1. The third-order valence-electron chi connectivity index (χ3n) is 5.17. The van der Waals surface area contributed by atoms with Gasteiger partial charge < -0.3 is 14.5 Å². The van der Waals surface area contributed by atoms with Gasteiger partial charge in [0.15, 0.2) is 6.54 Å². The summed E-state index contributed by atoms with van der Waals surface area (Å²) in [6.45, 7) is 5.21. The molecule has 1 saturated heterocycles. The van der Waals surface area contributed by atoms with E-state index in [9.17, 15) is 9.59 Å². The molecule has 25 heavy (non-hydrogen) atoms. The summed E-state index contributed by atoms with van der Waals surface area (Å²) >= 11 is 1.85. The van der Waals surface area contributed by atoms with E-state index in [4.69, 9.17) is 4.74 Å². The van der Waals surface area contributed by atoms with Gasteiger partial charge in [0.05, 0.1) is 31.8 Å². The number of quaternary nitrogens is 1. The molecule has 0 unspecified atom stereocenters. The first kappa shape index (κ1) is 18.3. The minimum atomic E-state index is -0.113. The molecule has 3 rings (SSSR count). The number of hydrogen-bond donors (Lipinski definition) is 1. The molecule has 5 nitrogen and oxygen atoms in total. The lowest BCUT2D eigenvalue weighted by Crippen LogP contribution is -3.14. The fourth-order valence-corrected chi connectivity index (χ4v) is 4.77. The Morgan fingerprint density at radius 1 is 1.24 bits per heavy atom. The van der Waals surface area contributed by atoms with E-state index in [0.717, 1.165) is 44.6 Å². The van der Waals surface area contributed by atoms with Gasteiger partial charge >= 0.3 is 5.97 Å². The highest BCUT2D eigenvalue weighted by atomic mass is 32.2. The highest BCUT2D eigenvalue weighted by Crippen LogP contribution is 2.37. The van der Waals surface area contributed by atoms with Gasteiger partial charge in [0.1, 0.15) is 0 Å². The maximum absolute atomic E-state index is 13.0. The van der Waals surface area contributed by atoms with E-state index in [1.54, 1.807) is 0 Å². The van der Waals surface area contributed by atoms with Crippen molar-refractivity contribution in [2.75, 3.05) is 38.2 Å². The van der Waals surface area contributed by atoms with E-state index in [1.165, 1.54) is 16.9 Å². The first-order valence-corrected chi connectivity index (χ1v) is 9.94. The standard InChI is InChI=1S/C19H26N2O3S/c1-14-7-12-21(16-5-3-4-6-17(16)25-14)18(22)13-20-10-8-15(9-11-20)19(23)24-2/h3-6,14-15H,7-13H2,1-2H3/p+1/t14-/m0/s1. The van der Waals surface area contributed by atoms with Crippen molar-refractivity contribution in [3.63, 3.8) is 0 Å². The summed E-state index contributed by atoms with van der Waals surface area (Å²) in [5.41, 5.74) is 1.05. The van der Waals surface area contributed by atoms with Gasteiger partial charge in [0.25, 0.3) is 5.91 Å². The largest absolute Gasteiger partial charge is 0.469 e. The molecular weight excluding hydrogens is 336 g/mol. The number of nitrogens with zero attached hydrogens (tertiary/aromatic N) is 1. The quantitative estimate of drug-likeness (QED) is 0.824. The van der Waals surface area contributed by atoms with Crippen molar-refractivity contribution in [1.29, 1.82) is 0 Å². The zero-order chi connectivity index (χ0) is 17.8. The van der Waals surface area contributed by atoms with Crippen LogP contribution < -0.4 is 9.80 Å². The number of anilines is 1. The van der Waals surface area contributed by atoms with E-state index in [2.05, 4.69) is 19.1 Å². The molecule has 0 radical (unpaired) electrons. The first-order chi connectivity index (χ1) is 12.1. The molecule has 1 fully saturated rings. The van der Waals surface area contributed by atoms with Gasteiger partial charge in [-0.05, 0) is 18.6 Å². The lowest BCUT2D eigenvalue weighted by Gasteiger charge is -2.30. The van der Waals surface area contributed by atoms with Gasteiger partial charge in [-0.3, -0.25) is 9.59 Å². The van der Waals surface area contributed by atoms with Crippen molar-refractivity contribution in [1.82, 2.24) is 0 Å². The normalized spacial score (nSPS) is 26.5. The van der Waals surface area contributed by atoms with E-state index in [0.29, 0.717) is 11.8 Å². The zero-order valence-electron chi connectivity index (χ0n) is 15.0. The van der Waals surface area contributed by atoms with Crippen molar-refractivity contribution in [2.45, 2.75) is 36.3 Å². The highest BCUT2D eigenvalue weighted by Gasteiger charge is 2.31. The number of likely N-dealkylation sites (tertiary alicyclic amines) is 1. The number of para-hydroxylation sites is 1. The monoisotopic (exact) mass is 363 g/mol. The van der Waals surface area contributed by atoms with E-state index < -0.39 is 0 Å². The number of thioether (sulfide) groups is 1. The van der Waals surface area contributed by atoms with Crippen LogP contribution in [-0.2, 0) is 14.3 Å². The van der Waals surface area contributed by atoms with Crippen LogP contribution in [0.5, 0.6) is 0 Å². The molecule has 6 heteroatoms. The fourth-order valence-electron chi connectivity index (χ4n) is 3.66. The number of amides is 1. The molecule has 0 aliphatic carbocycles. The Balaban J connectivity index is 1.63. The number of piperidine rings is 1. The summed E-state index contributed by atoms with van der Waals surface area (Å²) in [5, 5.41) is 0.516. The number of carbonyl (C=O) groups excluding carboxylic acids is 2. The van der Waals surface area contributed by atoms with E-state index in [1.807, 2.05) is 28.8 Å². The molecular formula is C19H27N2O3S+. The van der Waals surface area contributed by atoms with Gasteiger partial charge in [-0.2, -0.15) is 0 Å². The van der Waals surface area contributed by atoms with E-state index >= 15 is 0 Å². The average molecular weight is 364 g/mol. The van der Waals surface area contributed by atoms with Crippen LogP contribution in [0.3, 0.4) is 0 Å². The Kier molecular flexibility index (Phi) is 6.02. The second-order valence-corrected chi connectivity index (χ2v) is 8.43. The Labute approximate surface area is 153 Å². The van der Waals surface area contributed by atoms with Gasteiger partial charge in [-0.15, -0.1) is 11.8 Å². The molecule has 1 aromatic carbocycles. The van der Waals surface area contributed by atoms with Gasteiger partial charge in [0, 0.05) is 29.5 Å². The van der Waals surface area contributed by atoms with Crippen LogP contribution >= 0.6 is 11.8 Å². The molecule has 136 valence electrons. The second-order valence-electron chi connectivity index (χ2n) is 6.95. The van der Waals surface area contributed by atoms with Crippen molar-refractivity contribution >= 4 is 29.3 Å². The number of methoxy groups -OCH3 is 1. The summed E-state index contributed by atoms with van der Waals surface area (Å²) < 4.78 is 4.84. The molecule has 1 aromatic rings. The Morgan fingerprint density at radius 3 is 2.68 bits per heavy atom. The zero-order valence-corrected chi connectivity index (χ0v) is 15.8. The maximum Gasteiger partial charge on any atom is 0.309 e. The predicted octanol–water partition coefficient (Wildman–Crippen LogP) is 1.37. The van der Waals surface area contributed by atoms with Crippen molar-refractivity contribution in [2.24, 2.45) is 5.92 Å². The Morgan fingerprint density at radius 2 is 1.96 bits per heavy atom. The fraction of sp³-hybridized carbons (Fsp3) is 0.579. The number of carbonyl (C=O) groups is 2. The molecule has 0 bridgehead atoms. The number of ether oxygens (including phenoxy) is 1. The van der Waals surface area contributed by atoms with Crippen LogP contribution in [0.4, 0.5) is 5.69 Å². The summed E-state index contributed by atoms with van der Waals surface area (Å²) in [4.78, 5) is 29.0.